The molecule has 0 radical (unpaired) electrons. The normalized spacial score (nSPS) is 40.8. The van der Waals surface area contributed by atoms with Crippen LogP contribution in [0.15, 0.2) is 0 Å². The third-order valence-corrected chi connectivity index (χ3v) is 3.94. The Bertz CT molecular complexity index is 172. The monoisotopic (exact) mass is 168 g/mol. The van der Waals surface area contributed by atoms with Gasteiger partial charge in [-0.25, -0.2) is 0 Å². The molecule has 0 unspecified atom stereocenters. The van der Waals surface area contributed by atoms with Gasteiger partial charge in [0.2, 0.25) is 0 Å². The number of carbonyl (C=O) groups is 1. The zero-order valence-corrected chi connectivity index (χ0v) is 8.63. The Kier molecular flexibility index (Phi) is 2.60. The smallest absolute Gasteiger partial charge is 0.123 e. The summed E-state index contributed by atoms with van der Waals surface area (Å²) in [6.07, 6.45) is 3.66. The van der Waals surface area contributed by atoms with E-state index < -0.39 is 0 Å². The molecular formula is C11H20O. The minimum Gasteiger partial charge on any atom is -0.303 e. The summed E-state index contributed by atoms with van der Waals surface area (Å²) < 4.78 is 0. The van der Waals surface area contributed by atoms with Crippen molar-refractivity contribution in [2.24, 2.45) is 23.2 Å². The maximum Gasteiger partial charge on any atom is 0.123 e. The molecule has 1 rings (SSSR count). The minimum atomic E-state index is 0.208. The minimum absolute atomic E-state index is 0.208. The molecule has 1 aliphatic carbocycles. The van der Waals surface area contributed by atoms with Gasteiger partial charge >= 0.3 is 0 Å². The highest BCUT2D eigenvalue weighted by Gasteiger charge is 2.41. The highest BCUT2D eigenvalue weighted by atomic mass is 16.1. The number of aldehydes is 1. The second kappa shape index (κ2) is 3.20. The van der Waals surface area contributed by atoms with Gasteiger partial charge in [-0.3, -0.25) is 0 Å². The lowest BCUT2D eigenvalue weighted by Crippen LogP contribution is -2.40. The van der Waals surface area contributed by atoms with Crippen molar-refractivity contribution < 1.29 is 4.79 Å². The molecule has 1 fully saturated rings. The van der Waals surface area contributed by atoms with E-state index >= 15 is 0 Å². The van der Waals surface area contributed by atoms with Crippen molar-refractivity contribution in [1.82, 2.24) is 0 Å². The van der Waals surface area contributed by atoms with Gasteiger partial charge in [-0.15, -0.1) is 0 Å². The first-order valence-corrected chi connectivity index (χ1v) is 4.95. The molecule has 0 saturated heterocycles. The first-order valence-electron chi connectivity index (χ1n) is 4.95. The molecule has 70 valence electrons. The van der Waals surface area contributed by atoms with Crippen LogP contribution in [-0.4, -0.2) is 6.29 Å². The summed E-state index contributed by atoms with van der Waals surface area (Å²) in [5.74, 6) is 1.53. The van der Waals surface area contributed by atoms with Gasteiger partial charge in [0.05, 0.1) is 0 Å². The highest BCUT2D eigenvalue weighted by molar-refractivity contribution is 5.55. The Morgan fingerprint density at radius 1 is 1.25 bits per heavy atom. The van der Waals surface area contributed by atoms with E-state index in [0.29, 0.717) is 11.8 Å². The fourth-order valence-corrected chi connectivity index (χ4v) is 2.44. The van der Waals surface area contributed by atoms with Crippen molar-refractivity contribution in [1.29, 1.82) is 0 Å². The van der Waals surface area contributed by atoms with Crippen LogP contribution in [0.25, 0.3) is 0 Å². The summed E-state index contributed by atoms with van der Waals surface area (Å²) in [6, 6.07) is 0. The van der Waals surface area contributed by atoms with Crippen LogP contribution in [0.1, 0.15) is 40.5 Å². The van der Waals surface area contributed by atoms with E-state index in [1.807, 2.05) is 0 Å². The Balaban J connectivity index is 2.83. The van der Waals surface area contributed by atoms with Crippen molar-refractivity contribution in [3.63, 3.8) is 0 Å². The maximum absolute atomic E-state index is 10.9. The van der Waals surface area contributed by atoms with Gasteiger partial charge in [0.15, 0.2) is 0 Å². The molecule has 0 aromatic carbocycles. The molecule has 0 aliphatic heterocycles. The van der Waals surface area contributed by atoms with Gasteiger partial charge in [0.25, 0.3) is 0 Å². The fraction of sp³-hybridized carbons (Fsp3) is 0.909. The molecule has 0 spiro atoms. The van der Waals surface area contributed by atoms with E-state index in [1.54, 1.807) is 0 Å². The van der Waals surface area contributed by atoms with E-state index in [1.165, 1.54) is 19.1 Å². The van der Waals surface area contributed by atoms with Crippen LogP contribution in [0.2, 0.25) is 0 Å². The first kappa shape index (κ1) is 9.76. The molecule has 3 atom stereocenters. The second-order valence-electron chi connectivity index (χ2n) is 4.94. The van der Waals surface area contributed by atoms with Gasteiger partial charge in [0, 0.05) is 5.92 Å². The fourth-order valence-electron chi connectivity index (χ4n) is 2.44. The summed E-state index contributed by atoms with van der Waals surface area (Å²) in [5.41, 5.74) is 0.208. The zero-order chi connectivity index (χ0) is 9.35. The molecule has 0 aromatic heterocycles. The molecule has 0 heterocycles. The summed E-state index contributed by atoms with van der Waals surface area (Å²) in [5, 5.41) is 0. The summed E-state index contributed by atoms with van der Waals surface area (Å²) in [7, 11) is 0. The number of carbonyl (C=O) groups excluding carboxylic acids is 1. The summed E-state index contributed by atoms with van der Waals surface area (Å²) in [4.78, 5) is 10.9. The van der Waals surface area contributed by atoms with Crippen molar-refractivity contribution in [2.75, 3.05) is 0 Å². The lowest BCUT2D eigenvalue weighted by Gasteiger charge is -2.44. The quantitative estimate of drug-likeness (QED) is 0.550. The van der Waals surface area contributed by atoms with Crippen LogP contribution < -0.4 is 0 Å². The van der Waals surface area contributed by atoms with Crippen LogP contribution in [0.4, 0.5) is 0 Å². The SMILES string of the molecule is C[C@H]1CC[C@H](C)C(C)(C)[C@@H]1C=O. The van der Waals surface area contributed by atoms with Gasteiger partial charge in [-0.05, 0) is 30.1 Å². The van der Waals surface area contributed by atoms with Gasteiger partial charge in [0.1, 0.15) is 6.29 Å². The summed E-state index contributed by atoms with van der Waals surface area (Å²) >= 11 is 0. The predicted molar refractivity (Wildman–Crippen MR) is 50.9 cm³/mol. The standard InChI is InChI=1S/C11H20O/c1-8-5-6-9(2)11(3,4)10(8)7-12/h7-10H,5-6H2,1-4H3/t8-,9-,10+/m0/s1. The Morgan fingerprint density at radius 3 is 2.25 bits per heavy atom. The Morgan fingerprint density at radius 2 is 1.83 bits per heavy atom. The topological polar surface area (TPSA) is 17.1 Å². The van der Waals surface area contributed by atoms with Crippen molar-refractivity contribution in [3.05, 3.63) is 0 Å². The van der Waals surface area contributed by atoms with E-state index in [0.717, 1.165) is 0 Å². The third kappa shape index (κ3) is 1.41. The molecular weight excluding hydrogens is 148 g/mol. The first-order chi connectivity index (χ1) is 5.50. The van der Waals surface area contributed by atoms with E-state index in [4.69, 9.17) is 0 Å². The molecule has 0 amide bonds. The van der Waals surface area contributed by atoms with Crippen molar-refractivity contribution in [2.45, 2.75) is 40.5 Å². The van der Waals surface area contributed by atoms with Crippen LogP contribution >= 0.6 is 0 Å². The van der Waals surface area contributed by atoms with Crippen LogP contribution in [0.3, 0.4) is 0 Å². The Hall–Kier alpha value is -0.330. The zero-order valence-electron chi connectivity index (χ0n) is 8.63. The van der Waals surface area contributed by atoms with Crippen LogP contribution in [0, 0.1) is 23.2 Å². The van der Waals surface area contributed by atoms with E-state index in [9.17, 15) is 4.79 Å². The average Bonchev–Trinajstić information content (AvgIpc) is 1.98. The van der Waals surface area contributed by atoms with Crippen LogP contribution in [0.5, 0.6) is 0 Å². The average molecular weight is 168 g/mol. The second-order valence-corrected chi connectivity index (χ2v) is 4.94. The summed E-state index contributed by atoms with van der Waals surface area (Å²) in [6.45, 7) is 8.92. The number of rotatable bonds is 1. The van der Waals surface area contributed by atoms with Gasteiger partial charge in [-0.1, -0.05) is 27.7 Å². The predicted octanol–water partition coefficient (Wildman–Crippen LogP) is 2.89. The lowest BCUT2D eigenvalue weighted by molar-refractivity contribution is -0.120. The molecule has 1 nitrogen and oxygen atoms in total. The third-order valence-electron chi connectivity index (χ3n) is 3.94. The Labute approximate surface area is 75.5 Å². The van der Waals surface area contributed by atoms with Gasteiger partial charge in [-0.2, -0.15) is 0 Å². The molecule has 12 heavy (non-hydrogen) atoms. The molecule has 1 heteroatoms. The maximum atomic E-state index is 10.9. The molecule has 0 aromatic rings. The largest absolute Gasteiger partial charge is 0.303 e. The molecule has 1 aliphatic rings. The molecule has 0 N–H and O–H groups in total. The van der Waals surface area contributed by atoms with E-state index in [2.05, 4.69) is 27.7 Å². The number of hydrogen-bond donors (Lipinski definition) is 0. The van der Waals surface area contributed by atoms with Crippen molar-refractivity contribution >= 4 is 6.29 Å². The van der Waals surface area contributed by atoms with Crippen molar-refractivity contribution in [3.8, 4) is 0 Å². The number of hydrogen-bond acceptors (Lipinski definition) is 1. The highest BCUT2D eigenvalue weighted by Crippen LogP contribution is 2.46. The molecule has 0 bridgehead atoms. The van der Waals surface area contributed by atoms with E-state index in [-0.39, 0.29) is 11.3 Å². The lowest BCUT2D eigenvalue weighted by atomic mass is 9.60. The van der Waals surface area contributed by atoms with Gasteiger partial charge < -0.3 is 4.79 Å². The molecule has 1 saturated carbocycles. The van der Waals surface area contributed by atoms with Crippen LogP contribution in [-0.2, 0) is 4.79 Å².